The van der Waals surface area contributed by atoms with E-state index in [0.717, 1.165) is 22.3 Å². The molecule has 2 aromatic carbocycles. The summed E-state index contributed by atoms with van der Waals surface area (Å²) in [6.07, 6.45) is -0.612. The number of alkyl carbamates (subject to hydrolysis) is 1. The van der Waals surface area contributed by atoms with E-state index < -0.39 is 24.1 Å². The quantitative estimate of drug-likeness (QED) is 0.766. The first kappa shape index (κ1) is 20.7. The fourth-order valence-electron chi connectivity index (χ4n) is 3.26. The van der Waals surface area contributed by atoms with Crippen molar-refractivity contribution in [1.82, 2.24) is 5.32 Å². The molecule has 6 nitrogen and oxygen atoms in total. The van der Waals surface area contributed by atoms with Crippen LogP contribution in [0.15, 0.2) is 48.5 Å². The Hall–Kier alpha value is -2.57. The minimum absolute atomic E-state index is 0. The fourth-order valence-corrected chi connectivity index (χ4v) is 3.26. The van der Waals surface area contributed by atoms with Crippen LogP contribution in [0.1, 0.15) is 24.0 Å². The molecule has 0 bridgehead atoms. The number of benzene rings is 2. The first-order valence-corrected chi connectivity index (χ1v) is 8.48. The lowest BCUT2D eigenvalue weighted by molar-refractivity contribution is -0.142. The van der Waals surface area contributed by atoms with Crippen molar-refractivity contribution in [1.29, 1.82) is 0 Å². The summed E-state index contributed by atoms with van der Waals surface area (Å²) in [7, 11) is 1.25. The summed E-state index contributed by atoms with van der Waals surface area (Å²) in [6, 6.07) is 14.7. The monoisotopic (exact) mass is 390 g/mol. The molecule has 7 heteroatoms. The van der Waals surface area contributed by atoms with Crippen LogP contribution in [-0.4, -0.2) is 37.9 Å². The van der Waals surface area contributed by atoms with Gasteiger partial charge in [0.1, 0.15) is 12.6 Å². The number of hydrogen-bond donors (Lipinski definition) is 2. The number of hydrogen-bond acceptors (Lipinski definition) is 5. The fraction of sp³-hybridized carbons (Fsp3) is 0.300. The number of fused-ring (bicyclic) bond motifs is 3. The summed E-state index contributed by atoms with van der Waals surface area (Å²) >= 11 is 0. The number of rotatable bonds is 5. The van der Waals surface area contributed by atoms with Crippen molar-refractivity contribution in [2.45, 2.75) is 24.9 Å². The van der Waals surface area contributed by atoms with Crippen LogP contribution in [-0.2, 0) is 14.3 Å². The molecule has 0 saturated heterocycles. The lowest BCUT2D eigenvalue weighted by Crippen LogP contribution is -2.50. The number of amides is 1. The summed E-state index contributed by atoms with van der Waals surface area (Å²) in [4.78, 5) is 23.5. The van der Waals surface area contributed by atoms with E-state index >= 15 is 0 Å². The largest absolute Gasteiger partial charge is 0.468 e. The predicted octanol–water partition coefficient (Wildman–Crippen LogP) is 2.84. The number of halogens is 1. The van der Waals surface area contributed by atoms with E-state index in [-0.39, 0.29) is 24.9 Å². The van der Waals surface area contributed by atoms with Crippen molar-refractivity contribution in [2.75, 3.05) is 13.7 Å². The molecule has 0 aliphatic heterocycles. The third-order valence-corrected chi connectivity index (χ3v) is 4.70. The van der Waals surface area contributed by atoms with Crippen LogP contribution in [0.3, 0.4) is 0 Å². The second-order valence-electron chi connectivity index (χ2n) is 6.31. The Morgan fingerprint density at radius 1 is 1.07 bits per heavy atom. The Labute approximate surface area is 164 Å². The molecule has 0 aromatic heterocycles. The number of methoxy groups -OCH3 is 1. The van der Waals surface area contributed by atoms with Gasteiger partial charge in [-0.2, -0.15) is 0 Å². The SMILES string of the molecule is COC(=O)[C@H](N)[C@H](C)NC(=O)OCC1c2ccccc2-c2ccccc21.Cl. The van der Waals surface area contributed by atoms with Gasteiger partial charge in [0.25, 0.3) is 0 Å². The first-order valence-electron chi connectivity index (χ1n) is 8.48. The van der Waals surface area contributed by atoms with Crippen molar-refractivity contribution in [3.05, 3.63) is 59.7 Å². The van der Waals surface area contributed by atoms with Crippen LogP contribution in [0.25, 0.3) is 11.1 Å². The van der Waals surface area contributed by atoms with Crippen LogP contribution < -0.4 is 11.1 Å². The number of esters is 1. The van der Waals surface area contributed by atoms with Crippen molar-refractivity contribution >= 4 is 24.5 Å². The maximum atomic E-state index is 12.1. The predicted molar refractivity (Wildman–Crippen MR) is 105 cm³/mol. The second kappa shape index (κ2) is 8.88. The summed E-state index contributed by atoms with van der Waals surface area (Å²) in [5.41, 5.74) is 10.3. The summed E-state index contributed by atoms with van der Waals surface area (Å²) in [5.74, 6) is -0.603. The smallest absolute Gasteiger partial charge is 0.407 e. The van der Waals surface area contributed by atoms with Gasteiger partial charge in [-0.15, -0.1) is 12.4 Å². The molecule has 0 unspecified atom stereocenters. The zero-order valence-electron chi connectivity index (χ0n) is 15.2. The number of nitrogens with two attached hydrogens (primary N) is 1. The van der Waals surface area contributed by atoms with Crippen LogP contribution in [0.4, 0.5) is 4.79 Å². The van der Waals surface area contributed by atoms with Crippen LogP contribution in [0.5, 0.6) is 0 Å². The van der Waals surface area contributed by atoms with Gasteiger partial charge in [-0.05, 0) is 29.2 Å². The zero-order valence-corrected chi connectivity index (χ0v) is 16.0. The molecule has 3 N–H and O–H groups in total. The molecular formula is C20H23ClN2O4. The van der Waals surface area contributed by atoms with E-state index in [1.54, 1.807) is 6.92 Å². The third kappa shape index (κ3) is 4.23. The van der Waals surface area contributed by atoms with Crippen molar-refractivity contribution in [3.8, 4) is 11.1 Å². The minimum Gasteiger partial charge on any atom is -0.468 e. The lowest BCUT2D eigenvalue weighted by Gasteiger charge is -2.20. The summed E-state index contributed by atoms with van der Waals surface area (Å²) < 4.78 is 9.99. The van der Waals surface area contributed by atoms with Gasteiger partial charge < -0.3 is 20.5 Å². The highest BCUT2D eigenvalue weighted by Crippen LogP contribution is 2.44. The van der Waals surface area contributed by atoms with Gasteiger partial charge in [-0.1, -0.05) is 48.5 Å². The number of carbonyl (C=O) groups excluding carboxylic acids is 2. The first-order chi connectivity index (χ1) is 12.5. The Balaban J connectivity index is 0.00000261. The Morgan fingerprint density at radius 3 is 2.11 bits per heavy atom. The van der Waals surface area contributed by atoms with E-state index in [1.807, 2.05) is 24.3 Å². The third-order valence-electron chi connectivity index (χ3n) is 4.70. The Bertz CT molecular complexity index is 782. The number of carbonyl (C=O) groups is 2. The molecule has 1 aliphatic rings. The molecule has 2 atom stereocenters. The normalized spacial score (nSPS) is 14.2. The van der Waals surface area contributed by atoms with Gasteiger partial charge >= 0.3 is 12.1 Å². The van der Waals surface area contributed by atoms with Crippen LogP contribution >= 0.6 is 12.4 Å². The molecule has 144 valence electrons. The average Bonchev–Trinajstić information content (AvgIpc) is 2.99. The number of nitrogens with one attached hydrogen (secondary N) is 1. The van der Waals surface area contributed by atoms with Gasteiger partial charge in [0.2, 0.25) is 0 Å². The molecule has 3 rings (SSSR count). The molecule has 0 fully saturated rings. The zero-order chi connectivity index (χ0) is 18.7. The molecule has 0 radical (unpaired) electrons. The van der Waals surface area contributed by atoms with Crippen molar-refractivity contribution < 1.29 is 19.1 Å². The van der Waals surface area contributed by atoms with Gasteiger partial charge in [-0.25, -0.2) is 4.79 Å². The van der Waals surface area contributed by atoms with Gasteiger partial charge in [0.05, 0.1) is 13.2 Å². The molecular weight excluding hydrogens is 368 g/mol. The lowest BCUT2D eigenvalue weighted by atomic mass is 9.98. The van der Waals surface area contributed by atoms with E-state index in [1.165, 1.54) is 7.11 Å². The van der Waals surface area contributed by atoms with Crippen LogP contribution in [0.2, 0.25) is 0 Å². The van der Waals surface area contributed by atoms with E-state index in [2.05, 4.69) is 34.3 Å². The number of ether oxygens (including phenoxy) is 2. The maximum absolute atomic E-state index is 12.1. The van der Waals surface area contributed by atoms with Gasteiger partial charge in [-0.3, -0.25) is 4.79 Å². The maximum Gasteiger partial charge on any atom is 0.407 e. The van der Waals surface area contributed by atoms with Crippen molar-refractivity contribution in [3.63, 3.8) is 0 Å². The Morgan fingerprint density at radius 2 is 1.59 bits per heavy atom. The molecule has 0 saturated carbocycles. The molecule has 0 heterocycles. The molecule has 1 amide bonds. The van der Waals surface area contributed by atoms with Gasteiger partial charge in [0.15, 0.2) is 0 Å². The summed E-state index contributed by atoms with van der Waals surface area (Å²) in [6.45, 7) is 1.84. The summed E-state index contributed by atoms with van der Waals surface area (Å²) in [5, 5.41) is 2.58. The van der Waals surface area contributed by atoms with E-state index in [9.17, 15) is 9.59 Å². The highest BCUT2D eigenvalue weighted by molar-refractivity contribution is 5.85. The molecule has 0 spiro atoms. The highest BCUT2D eigenvalue weighted by atomic mass is 35.5. The van der Waals surface area contributed by atoms with Crippen LogP contribution in [0, 0.1) is 0 Å². The topological polar surface area (TPSA) is 90.6 Å². The van der Waals surface area contributed by atoms with E-state index in [0.29, 0.717) is 0 Å². The second-order valence-corrected chi connectivity index (χ2v) is 6.31. The Kier molecular flexibility index (Phi) is 6.82. The molecule has 1 aliphatic carbocycles. The van der Waals surface area contributed by atoms with E-state index in [4.69, 9.17) is 10.5 Å². The standard InChI is InChI=1S/C20H22N2O4.ClH/c1-12(18(21)19(23)25-2)22-20(24)26-11-17-15-9-5-3-7-13(15)14-8-4-6-10-16(14)17;/h3-10,12,17-18H,11,21H2,1-2H3,(H,22,24);1H/t12-,18+;/m0./s1. The van der Waals surface area contributed by atoms with Gasteiger partial charge in [0, 0.05) is 5.92 Å². The molecule has 27 heavy (non-hydrogen) atoms. The molecule has 2 aromatic rings. The average molecular weight is 391 g/mol. The highest BCUT2D eigenvalue weighted by Gasteiger charge is 2.29. The van der Waals surface area contributed by atoms with Crippen molar-refractivity contribution in [2.24, 2.45) is 5.73 Å². The minimum atomic E-state index is -0.944.